The van der Waals surface area contributed by atoms with Gasteiger partial charge in [-0.05, 0) is 23.3 Å². The van der Waals surface area contributed by atoms with Gasteiger partial charge in [-0.15, -0.1) is 0 Å². The lowest BCUT2D eigenvalue weighted by atomic mass is 10.0. The molecule has 1 N–H and O–H groups in total. The average molecular weight is 388 g/mol. The van der Waals surface area contributed by atoms with Gasteiger partial charge >= 0.3 is 0 Å². The summed E-state index contributed by atoms with van der Waals surface area (Å²) in [6, 6.07) is 17.6. The zero-order chi connectivity index (χ0) is 19.3. The van der Waals surface area contributed by atoms with Crippen molar-refractivity contribution in [2.24, 2.45) is 0 Å². The summed E-state index contributed by atoms with van der Waals surface area (Å²) in [6.07, 6.45) is 1.24. The topological polar surface area (TPSA) is 69.7 Å². The van der Waals surface area contributed by atoms with E-state index in [4.69, 9.17) is 0 Å². The molecule has 2 aromatic rings. The summed E-state index contributed by atoms with van der Waals surface area (Å²) in [6.45, 7) is 3.63. The van der Waals surface area contributed by atoms with Gasteiger partial charge in [0, 0.05) is 44.8 Å². The first-order valence-electron chi connectivity index (χ1n) is 9.05. The maximum atomic E-state index is 12.4. The molecule has 1 aliphatic rings. The molecule has 2 aromatic carbocycles. The number of hydrogen-bond donors (Lipinski definition) is 1. The lowest BCUT2D eigenvalue weighted by Crippen LogP contribution is -2.49. The molecule has 0 atom stereocenters. The Morgan fingerprint density at radius 2 is 1.63 bits per heavy atom. The highest BCUT2D eigenvalue weighted by molar-refractivity contribution is 7.88. The summed E-state index contributed by atoms with van der Waals surface area (Å²) < 4.78 is 24.6. The third-order valence-electron chi connectivity index (χ3n) is 4.75. The Morgan fingerprint density at radius 3 is 2.30 bits per heavy atom. The Morgan fingerprint density at radius 1 is 0.963 bits per heavy atom. The summed E-state index contributed by atoms with van der Waals surface area (Å²) in [4.78, 5) is 14.6. The van der Waals surface area contributed by atoms with Crippen molar-refractivity contribution in [3.05, 3.63) is 60.2 Å². The smallest absolute Gasteiger partial charge is 0.251 e. The van der Waals surface area contributed by atoms with Gasteiger partial charge in [-0.3, -0.25) is 9.69 Å². The molecule has 0 radical (unpaired) electrons. The van der Waals surface area contributed by atoms with E-state index in [2.05, 4.69) is 10.2 Å². The van der Waals surface area contributed by atoms with Crippen LogP contribution >= 0.6 is 0 Å². The van der Waals surface area contributed by atoms with Crippen molar-refractivity contribution in [1.29, 1.82) is 0 Å². The van der Waals surface area contributed by atoms with E-state index in [0.29, 0.717) is 44.8 Å². The molecule has 0 bridgehead atoms. The third kappa shape index (κ3) is 5.38. The molecule has 1 aliphatic heterocycles. The maximum Gasteiger partial charge on any atom is 0.251 e. The second-order valence-corrected chi connectivity index (χ2v) is 8.69. The molecule has 0 aliphatic carbocycles. The van der Waals surface area contributed by atoms with E-state index in [-0.39, 0.29) is 5.91 Å². The van der Waals surface area contributed by atoms with Gasteiger partial charge in [0.1, 0.15) is 0 Å². The zero-order valence-electron chi connectivity index (χ0n) is 15.5. The molecule has 0 spiro atoms. The van der Waals surface area contributed by atoms with Crippen LogP contribution in [0.25, 0.3) is 11.1 Å². The van der Waals surface area contributed by atoms with E-state index in [1.807, 2.05) is 54.6 Å². The number of rotatable bonds is 6. The van der Waals surface area contributed by atoms with Crippen LogP contribution in [0.2, 0.25) is 0 Å². The minimum Gasteiger partial charge on any atom is -0.351 e. The number of benzene rings is 2. The van der Waals surface area contributed by atoms with Crippen LogP contribution < -0.4 is 5.32 Å². The van der Waals surface area contributed by atoms with Crippen LogP contribution in [0.15, 0.2) is 54.6 Å². The van der Waals surface area contributed by atoms with Crippen molar-refractivity contribution < 1.29 is 13.2 Å². The fourth-order valence-corrected chi connectivity index (χ4v) is 4.01. The Labute approximate surface area is 160 Å². The summed E-state index contributed by atoms with van der Waals surface area (Å²) in [5, 5.41) is 2.95. The monoisotopic (exact) mass is 387 g/mol. The molecule has 0 saturated carbocycles. The van der Waals surface area contributed by atoms with Gasteiger partial charge < -0.3 is 5.32 Å². The predicted octanol–water partition coefficient (Wildman–Crippen LogP) is 1.66. The summed E-state index contributed by atoms with van der Waals surface area (Å²) in [5.74, 6) is -0.0949. The van der Waals surface area contributed by atoms with Crippen LogP contribution in [0.4, 0.5) is 0 Å². The quantitative estimate of drug-likeness (QED) is 0.819. The number of piperazine rings is 1. The Balaban J connectivity index is 1.49. The molecule has 1 heterocycles. The molecule has 1 fully saturated rings. The van der Waals surface area contributed by atoms with Crippen LogP contribution in [0.1, 0.15) is 10.4 Å². The summed E-state index contributed by atoms with van der Waals surface area (Å²) in [5.41, 5.74) is 2.73. The van der Waals surface area contributed by atoms with E-state index in [1.54, 1.807) is 0 Å². The van der Waals surface area contributed by atoms with E-state index < -0.39 is 10.0 Å². The van der Waals surface area contributed by atoms with E-state index in [1.165, 1.54) is 10.6 Å². The number of carbonyl (C=O) groups excluding carboxylic acids is 1. The van der Waals surface area contributed by atoms with E-state index in [9.17, 15) is 13.2 Å². The maximum absolute atomic E-state index is 12.4. The van der Waals surface area contributed by atoms with Crippen LogP contribution in [0, 0.1) is 0 Å². The highest BCUT2D eigenvalue weighted by Gasteiger charge is 2.22. The van der Waals surface area contributed by atoms with Crippen LogP contribution in [0.3, 0.4) is 0 Å². The Kier molecular flexibility index (Phi) is 6.26. The first-order chi connectivity index (χ1) is 12.9. The number of amides is 1. The Bertz CT molecular complexity index is 876. The van der Waals surface area contributed by atoms with Gasteiger partial charge in [0.2, 0.25) is 10.0 Å². The fraction of sp³-hybridized carbons (Fsp3) is 0.350. The van der Waals surface area contributed by atoms with Gasteiger partial charge in [0.05, 0.1) is 6.26 Å². The lowest BCUT2D eigenvalue weighted by Gasteiger charge is -2.33. The fourth-order valence-electron chi connectivity index (χ4n) is 3.18. The zero-order valence-corrected chi connectivity index (χ0v) is 16.3. The van der Waals surface area contributed by atoms with Crippen molar-refractivity contribution >= 4 is 15.9 Å². The predicted molar refractivity (Wildman–Crippen MR) is 107 cm³/mol. The van der Waals surface area contributed by atoms with Gasteiger partial charge in [-0.1, -0.05) is 42.5 Å². The number of nitrogens with zero attached hydrogens (tertiary/aromatic N) is 2. The third-order valence-corrected chi connectivity index (χ3v) is 6.05. The molecule has 1 saturated heterocycles. The minimum atomic E-state index is -3.11. The highest BCUT2D eigenvalue weighted by Crippen LogP contribution is 2.19. The Hall–Kier alpha value is -2.22. The molecule has 1 amide bonds. The van der Waals surface area contributed by atoms with E-state index >= 15 is 0 Å². The SMILES string of the molecule is CS(=O)(=O)N1CCN(CCNC(=O)c2cccc(-c3ccccc3)c2)CC1. The highest BCUT2D eigenvalue weighted by atomic mass is 32.2. The second kappa shape index (κ2) is 8.65. The summed E-state index contributed by atoms with van der Waals surface area (Å²) >= 11 is 0. The van der Waals surface area contributed by atoms with Gasteiger partial charge in [0.15, 0.2) is 0 Å². The molecule has 7 heteroatoms. The molecule has 144 valence electrons. The minimum absolute atomic E-state index is 0.0949. The average Bonchev–Trinajstić information content (AvgIpc) is 2.68. The number of carbonyl (C=O) groups is 1. The molecular formula is C20H25N3O3S. The number of hydrogen-bond acceptors (Lipinski definition) is 4. The number of nitrogens with one attached hydrogen (secondary N) is 1. The first kappa shape index (κ1) is 19.5. The van der Waals surface area contributed by atoms with Crippen LogP contribution in [-0.2, 0) is 10.0 Å². The molecule has 6 nitrogen and oxygen atoms in total. The van der Waals surface area contributed by atoms with Gasteiger partial charge in [-0.25, -0.2) is 8.42 Å². The standard InChI is InChI=1S/C20H25N3O3S/c1-27(25,26)23-14-12-22(13-15-23)11-10-21-20(24)19-9-5-8-18(16-19)17-6-3-2-4-7-17/h2-9,16H,10-15H2,1H3,(H,21,24). The molecular weight excluding hydrogens is 362 g/mol. The van der Waals surface area contributed by atoms with Crippen LogP contribution in [0.5, 0.6) is 0 Å². The van der Waals surface area contributed by atoms with Crippen molar-refractivity contribution in [1.82, 2.24) is 14.5 Å². The second-order valence-electron chi connectivity index (χ2n) is 6.71. The summed E-state index contributed by atoms with van der Waals surface area (Å²) in [7, 11) is -3.11. The molecule has 0 aromatic heterocycles. The van der Waals surface area contributed by atoms with Crippen molar-refractivity contribution in [3.63, 3.8) is 0 Å². The number of sulfonamides is 1. The van der Waals surface area contributed by atoms with Crippen LogP contribution in [-0.4, -0.2) is 69.1 Å². The van der Waals surface area contributed by atoms with Crippen molar-refractivity contribution in [2.45, 2.75) is 0 Å². The lowest BCUT2D eigenvalue weighted by molar-refractivity contribution is 0.0945. The van der Waals surface area contributed by atoms with Gasteiger partial charge in [0.25, 0.3) is 5.91 Å². The normalized spacial score (nSPS) is 16.2. The molecule has 0 unspecified atom stereocenters. The molecule has 27 heavy (non-hydrogen) atoms. The van der Waals surface area contributed by atoms with Crippen molar-refractivity contribution in [3.8, 4) is 11.1 Å². The van der Waals surface area contributed by atoms with Crippen molar-refractivity contribution in [2.75, 3.05) is 45.5 Å². The van der Waals surface area contributed by atoms with Gasteiger partial charge in [-0.2, -0.15) is 4.31 Å². The van der Waals surface area contributed by atoms with E-state index in [0.717, 1.165) is 11.1 Å². The first-order valence-corrected chi connectivity index (χ1v) is 10.9. The largest absolute Gasteiger partial charge is 0.351 e. The molecule has 3 rings (SSSR count).